The third-order valence-electron chi connectivity index (χ3n) is 2.31. The van der Waals surface area contributed by atoms with Gasteiger partial charge in [0.1, 0.15) is 5.72 Å². The lowest BCUT2D eigenvalue weighted by molar-refractivity contribution is 0.0379. The van der Waals surface area contributed by atoms with Crippen molar-refractivity contribution in [2.45, 2.75) is 19.6 Å². The van der Waals surface area contributed by atoms with Crippen LogP contribution >= 0.6 is 11.6 Å². The maximum atomic E-state index is 5.67. The fourth-order valence-electron chi connectivity index (χ4n) is 1.58. The van der Waals surface area contributed by atoms with Gasteiger partial charge in [0, 0.05) is 6.54 Å². The first-order chi connectivity index (χ1) is 6.59. The third-order valence-corrected chi connectivity index (χ3v) is 2.52. The Bertz CT molecular complexity index is 325. The molecule has 1 aliphatic heterocycles. The van der Waals surface area contributed by atoms with Crippen molar-refractivity contribution in [2.75, 3.05) is 18.1 Å². The molecule has 0 saturated carbocycles. The topological polar surface area (TPSA) is 38.2 Å². The first-order valence-corrected chi connectivity index (χ1v) is 4.88. The van der Waals surface area contributed by atoms with E-state index in [2.05, 4.69) is 15.1 Å². The van der Waals surface area contributed by atoms with Crippen molar-refractivity contribution in [1.82, 2.24) is 10.2 Å². The summed E-state index contributed by atoms with van der Waals surface area (Å²) in [4.78, 5) is 2.07. The maximum absolute atomic E-state index is 5.67. The van der Waals surface area contributed by atoms with Crippen LogP contribution in [0.1, 0.15) is 13.8 Å². The quantitative estimate of drug-likeness (QED) is 0.712. The predicted molar refractivity (Wildman–Crippen MR) is 54.4 cm³/mol. The van der Waals surface area contributed by atoms with Gasteiger partial charge in [-0.1, -0.05) is 11.6 Å². The van der Waals surface area contributed by atoms with Gasteiger partial charge in [-0.05, 0) is 26.0 Å². The standard InChI is InChI=1S/C9H12ClN3O/c1-9(2)13(5-6-14-9)8-4-3-7(10)11-12-8/h3-4H,5-6H2,1-2H3. The zero-order valence-corrected chi connectivity index (χ0v) is 8.95. The van der Waals surface area contributed by atoms with Crippen LogP contribution in [-0.4, -0.2) is 29.1 Å². The Morgan fingerprint density at radius 1 is 1.43 bits per heavy atom. The van der Waals surface area contributed by atoms with Crippen molar-refractivity contribution in [3.05, 3.63) is 17.3 Å². The molecule has 0 bridgehead atoms. The Morgan fingerprint density at radius 3 is 2.71 bits per heavy atom. The van der Waals surface area contributed by atoms with E-state index >= 15 is 0 Å². The van der Waals surface area contributed by atoms with Gasteiger partial charge in [-0.15, -0.1) is 10.2 Å². The van der Waals surface area contributed by atoms with Crippen LogP contribution in [0.2, 0.25) is 5.15 Å². The Balaban J connectivity index is 2.27. The van der Waals surface area contributed by atoms with E-state index in [1.807, 2.05) is 19.9 Å². The van der Waals surface area contributed by atoms with Crippen LogP contribution in [0, 0.1) is 0 Å². The van der Waals surface area contributed by atoms with E-state index in [9.17, 15) is 0 Å². The molecule has 76 valence electrons. The number of hydrogen-bond acceptors (Lipinski definition) is 4. The van der Waals surface area contributed by atoms with Gasteiger partial charge in [0.25, 0.3) is 0 Å². The summed E-state index contributed by atoms with van der Waals surface area (Å²) >= 11 is 5.67. The monoisotopic (exact) mass is 213 g/mol. The van der Waals surface area contributed by atoms with Gasteiger partial charge in [0.15, 0.2) is 11.0 Å². The molecule has 4 nitrogen and oxygen atoms in total. The Labute approximate surface area is 87.8 Å². The number of rotatable bonds is 1. The molecule has 1 fully saturated rings. The number of aromatic nitrogens is 2. The van der Waals surface area contributed by atoms with Gasteiger partial charge in [0.05, 0.1) is 6.61 Å². The van der Waals surface area contributed by atoms with Crippen molar-refractivity contribution < 1.29 is 4.74 Å². The van der Waals surface area contributed by atoms with Gasteiger partial charge in [-0.3, -0.25) is 0 Å². The van der Waals surface area contributed by atoms with Gasteiger partial charge in [-0.25, -0.2) is 0 Å². The summed E-state index contributed by atoms with van der Waals surface area (Å²) in [5.74, 6) is 0.803. The summed E-state index contributed by atoms with van der Waals surface area (Å²) < 4.78 is 5.56. The molecular formula is C9H12ClN3O. The van der Waals surface area contributed by atoms with Gasteiger partial charge in [-0.2, -0.15) is 0 Å². The number of hydrogen-bond donors (Lipinski definition) is 0. The molecular weight excluding hydrogens is 202 g/mol. The average Bonchev–Trinajstić information content (AvgIpc) is 2.47. The molecule has 0 spiro atoms. The van der Waals surface area contributed by atoms with Crippen molar-refractivity contribution >= 4 is 17.4 Å². The van der Waals surface area contributed by atoms with Crippen LogP contribution in [0.5, 0.6) is 0 Å². The molecule has 0 aliphatic carbocycles. The van der Waals surface area contributed by atoms with Gasteiger partial charge >= 0.3 is 0 Å². The second-order valence-corrected chi connectivity index (χ2v) is 4.05. The minimum atomic E-state index is -0.303. The van der Waals surface area contributed by atoms with Crippen LogP contribution in [0.4, 0.5) is 5.82 Å². The highest BCUT2D eigenvalue weighted by molar-refractivity contribution is 6.29. The van der Waals surface area contributed by atoms with Crippen LogP contribution in [-0.2, 0) is 4.74 Å². The minimum absolute atomic E-state index is 0.303. The molecule has 0 unspecified atom stereocenters. The second-order valence-electron chi connectivity index (χ2n) is 3.66. The van der Waals surface area contributed by atoms with E-state index in [0.717, 1.165) is 19.0 Å². The first-order valence-electron chi connectivity index (χ1n) is 4.50. The number of nitrogens with zero attached hydrogens (tertiary/aromatic N) is 3. The normalized spacial score (nSPS) is 20.1. The van der Waals surface area contributed by atoms with Crippen LogP contribution in [0.25, 0.3) is 0 Å². The molecule has 0 atom stereocenters. The molecule has 0 radical (unpaired) electrons. The molecule has 2 heterocycles. The summed E-state index contributed by atoms with van der Waals surface area (Å²) in [5.41, 5.74) is -0.303. The minimum Gasteiger partial charge on any atom is -0.354 e. The lowest BCUT2D eigenvalue weighted by Crippen LogP contribution is -2.39. The summed E-state index contributed by atoms with van der Waals surface area (Å²) in [6, 6.07) is 3.59. The van der Waals surface area contributed by atoms with E-state index in [4.69, 9.17) is 16.3 Å². The van der Waals surface area contributed by atoms with Crippen molar-refractivity contribution in [3.63, 3.8) is 0 Å². The van der Waals surface area contributed by atoms with E-state index in [1.54, 1.807) is 6.07 Å². The maximum Gasteiger partial charge on any atom is 0.153 e. The first kappa shape index (κ1) is 9.68. The van der Waals surface area contributed by atoms with Crippen LogP contribution in [0.15, 0.2) is 12.1 Å². The Morgan fingerprint density at radius 2 is 2.21 bits per heavy atom. The third kappa shape index (κ3) is 1.67. The van der Waals surface area contributed by atoms with Gasteiger partial charge in [0.2, 0.25) is 0 Å². The molecule has 0 amide bonds. The van der Waals surface area contributed by atoms with Gasteiger partial charge < -0.3 is 9.64 Å². The highest BCUT2D eigenvalue weighted by Gasteiger charge is 2.33. The number of anilines is 1. The summed E-state index contributed by atoms with van der Waals surface area (Å²) in [6.07, 6.45) is 0. The second kappa shape index (κ2) is 3.37. The Hall–Kier alpha value is -0.870. The fourth-order valence-corrected chi connectivity index (χ4v) is 1.68. The largest absolute Gasteiger partial charge is 0.354 e. The average molecular weight is 214 g/mol. The SMILES string of the molecule is CC1(C)OCCN1c1ccc(Cl)nn1. The van der Waals surface area contributed by atoms with Crippen molar-refractivity contribution in [2.24, 2.45) is 0 Å². The molecule has 0 N–H and O–H groups in total. The van der Waals surface area contributed by atoms with E-state index in [1.165, 1.54) is 0 Å². The van der Waals surface area contributed by atoms with Crippen molar-refractivity contribution in [1.29, 1.82) is 0 Å². The summed E-state index contributed by atoms with van der Waals surface area (Å²) in [6.45, 7) is 5.58. The molecule has 1 aromatic rings. The van der Waals surface area contributed by atoms with E-state index in [0.29, 0.717) is 5.15 Å². The van der Waals surface area contributed by atoms with E-state index in [-0.39, 0.29) is 5.72 Å². The smallest absolute Gasteiger partial charge is 0.153 e. The molecule has 5 heteroatoms. The highest BCUT2D eigenvalue weighted by Crippen LogP contribution is 2.27. The molecule has 1 aliphatic rings. The zero-order valence-electron chi connectivity index (χ0n) is 8.20. The molecule has 0 aromatic carbocycles. The summed E-state index contributed by atoms with van der Waals surface area (Å²) in [5, 5.41) is 8.24. The highest BCUT2D eigenvalue weighted by atomic mass is 35.5. The lowest BCUT2D eigenvalue weighted by Gasteiger charge is -2.30. The lowest BCUT2D eigenvalue weighted by atomic mass is 10.2. The molecule has 2 rings (SSSR count). The fraction of sp³-hybridized carbons (Fsp3) is 0.556. The van der Waals surface area contributed by atoms with Crippen LogP contribution < -0.4 is 4.90 Å². The van der Waals surface area contributed by atoms with E-state index < -0.39 is 0 Å². The predicted octanol–water partition coefficient (Wildman–Crippen LogP) is 1.70. The molecule has 1 saturated heterocycles. The number of ether oxygens (including phenoxy) is 1. The zero-order chi connectivity index (χ0) is 10.2. The summed E-state index contributed by atoms with van der Waals surface area (Å²) in [7, 11) is 0. The molecule has 14 heavy (non-hydrogen) atoms. The Kier molecular flexibility index (Phi) is 2.33. The van der Waals surface area contributed by atoms with Crippen LogP contribution in [0.3, 0.4) is 0 Å². The number of halogens is 1. The van der Waals surface area contributed by atoms with Crippen molar-refractivity contribution in [3.8, 4) is 0 Å². The molecule has 1 aromatic heterocycles.